The molecule has 0 saturated carbocycles. The van der Waals surface area contributed by atoms with Crippen LogP contribution in [-0.4, -0.2) is 39.2 Å². The number of piperidine rings is 1. The van der Waals surface area contributed by atoms with E-state index in [0.29, 0.717) is 32.4 Å². The molecule has 1 aromatic heterocycles. The van der Waals surface area contributed by atoms with Crippen LogP contribution in [0.5, 0.6) is 0 Å². The van der Waals surface area contributed by atoms with Gasteiger partial charge in [-0.15, -0.1) is 0 Å². The third kappa shape index (κ3) is 3.54. The fraction of sp³-hybridized carbons (Fsp3) is 0.600. The maximum atomic E-state index is 11.6. The summed E-state index contributed by atoms with van der Waals surface area (Å²) in [6, 6.07) is 0.0518. The van der Waals surface area contributed by atoms with Crippen molar-refractivity contribution in [2.45, 2.75) is 31.8 Å². The molecule has 1 saturated heterocycles. The van der Waals surface area contributed by atoms with Crippen molar-refractivity contribution < 1.29 is 9.59 Å². The van der Waals surface area contributed by atoms with Gasteiger partial charge >= 0.3 is 0 Å². The summed E-state index contributed by atoms with van der Waals surface area (Å²) >= 11 is 0. The summed E-state index contributed by atoms with van der Waals surface area (Å²) in [4.78, 5) is 26.3. The minimum Gasteiger partial charge on any atom is -0.354 e. The molecule has 92 valence electrons. The number of hydrogen-bond acceptors (Lipinski definition) is 4. The first-order valence-electron chi connectivity index (χ1n) is 5.62. The molecule has 0 bridgehead atoms. The third-order valence-corrected chi connectivity index (χ3v) is 2.67. The topological polar surface area (TPSA) is 88.9 Å². The van der Waals surface area contributed by atoms with Crippen molar-refractivity contribution in [3.63, 3.8) is 0 Å². The first-order chi connectivity index (χ1) is 8.24. The number of nitrogens with zero attached hydrogens (tertiary/aromatic N) is 3. The zero-order valence-corrected chi connectivity index (χ0v) is 9.43. The van der Waals surface area contributed by atoms with Gasteiger partial charge in [0.25, 0.3) is 0 Å². The summed E-state index contributed by atoms with van der Waals surface area (Å²) in [5.41, 5.74) is 0. The molecule has 0 spiro atoms. The van der Waals surface area contributed by atoms with Crippen LogP contribution in [0.4, 0.5) is 0 Å². The minimum absolute atomic E-state index is 0.0263. The van der Waals surface area contributed by atoms with E-state index in [0.717, 1.165) is 0 Å². The van der Waals surface area contributed by atoms with Crippen LogP contribution < -0.4 is 10.6 Å². The van der Waals surface area contributed by atoms with Gasteiger partial charge in [0, 0.05) is 25.4 Å². The lowest BCUT2D eigenvalue weighted by Crippen LogP contribution is -2.47. The smallest absolute Gasteiger partial charge is 0.222 e. The average molecular weight is 237 g/mol. The van der Waals surface area contributed by atoms with Crippen LogP contribution in [0, 0.1) is 0 Å². The summed E-state index contributed by atoms with van der Waals surface area (Å²) in [5, 5.41) is 9.53. The zero-order chi connectivity index (χ0) is 12.1. The van der Waals surface area contributed by atoms with Gasteiger partial charge in [-0.1, -0.05) is 0 Å². The van der Waals surface area contributed by atoms with Crippen LogP contribution in [0.2, 0.25) is 0 Å². The SMILES string of the molecule is O=C1CCC(NC(=O)CCn2cncn2)CN1. The van der Waals surface area contributed by atoms with Gasteiger partial charge < -0.3 is 10.6 Å². The molecule has 2 N–H and O–H groups in total. The highest BCUT2D eigenvalue weighted by molar-refractivity contribution is 5.78. The highest BCUT2D eigenvalue weighted by Crippen LogP contribution is 2.02. The number of carbonyl (C=O) groups excluding carboxylic acids is 2. The molecule has 1 aliphatic rings. The van der Waals surface area contributed by atoms with Gasteiger partial charge in [-0.2, -0.15) is 5.10 Å². The Kier molecular flexibility index (Phi) is 3.69. The zero-order valence-electron chi connectivity index (χ0n) is 9.43. The highest BCUT2D eigenvalue weighted by Gasteiger charge is 2.19. The Morgan fingerprint density at radius 1 is 1.65 bits per heavy atom. The van der Waals surface area contributed by atoms with E-state index in [1.807, 2.05) is 0 Å². The van der Waals surface area contributed by atoms with E-state index in [2.05, 4.69) is 20.7 Å². The molecule has 0 aliphatic carbocycles. The third-order valence-electron chi connectivity index (χ3n) is 2.67. The van der Waals surface area contributed by atoms with E-state index in [1.54, 1.807) is 11.0 Å². The van der Waals surface area contributed by atoms with Crippen LogP contribution in [0.15, 0.2) is 12.7 Å². The number of hydrogen-bond donors (Lipinski definition) is 2. The maximum Gasteiger partial charge on any atom is 0.222 e. The Hall–Kier alpha value is -1.92. The Morgan fingerprint density at radius 3 is 3.18 bits per heavy atom. The monoisotopic (exact) mass is 237 g/mol. The first-order valence-corrected chi connectivity index (χ1v) is 5.62. The van der Waals surface area contributed by atoms with Gasteiger partial charge in [0.1, 0.15) is 12.7 Å². The van der Waals surface area contributed by atoms with Crippen LogP contribution in [0.3, 0.4) is 0 Å². The molecule has 1 aromatic rings. The summed E-state index contributed by atoms with van der Waals surface area (Å²) < 4.78 is 1.61. The summed E-state index contributed by atoms with van der Waals surface area (Å²) in [7, 11) is 0. The van der Waals surface area contributed by atoms with Crippen molar-refractivity contribution >= 4 is 11.8 Å². The van der Waals surface area contributed by atoms with Crippen molar-refractivity contribution in [2.75, 3.05) is 6.54 Å². The first kappa shape index (κ1) is 11.6. The molecule has 1 unspecified atom stereocenters. The Bertz CT molecular complexity index is 379. The van der Waals surface area contributed by atoms with E-state index >= 15 is 0 Å². The van der Waals surface area contributed by atoms with Crippen molar-refractivity contribution in [3.05, 3.63) is 12.7 Å². The van der Waals surface area contributed by atoms with E-state index < -0.39 is 0 Å². The standard InChI is InChI=1S/C10H15N5O2/c16-9-2-1-8(5-12-9)14-10(17)3-4-15-7-11-6-13-15/h6-8H,1-5H2,(H,12,16)(H,14,17). The lowest BCUT2D eigenvalue weighted by atomic mass is 10.1. The number of amides is 2. The van der Waals surface area contributed by atoms with Gasteiger partial charge in [-0.3, -0.25) is 14.3 Å². The highest BCUT2D eigenvalue weighted by atomic mass is 16.2. The molecule has 17 heavy (non-hydrogen) atoms. The van der Waals surface area contributed by atoms with Crippen LogP contribution in [0.1, 0.15) is 19.3 Å². The lowest BCUT2D eigenvalue weighted by Gasteiger charge is -2.23. The largest absolute Gasteiger partial charge is 0.354 e. The Labute approximate surface area is 98.6 Å². The second-order valence-corrected chi connectivity index (χ2v) is 4.02. The molecular formula is C10H15N5O2. The Balaban J connectivity index is 1.68. The fourth-order valence-electron chi connectivity index (χ4n) is 1.72. The predicted molar refractivity (Wildman–Crippen MR) is 58.8 cm³/mol. The van der Waals surface area contributed by atoms with Crippen LogP contribution in [0.25, 0.3) is 0 Å². The molecule has 0 aromatic carbocycles. The van der Waals surface area contributed by atoms with Crippen LogP contribution >= 0.6 is 0 Å². The molecule has 2 amide bonds. The molecule has 2 rings (SSSR count). The minimum atomic E-state index is -0.0263. The van der Waals surface area contributed by atoms with Crippen molar-refractivity contribution in [1.82, 2.24) is 25.4 Å². The molecule has 1 aliphatic heterocycles. The van der Waals surface area contributed by atoms with Crippen LogP contribution in [-0.2, 0) is 16.1 Å². The molecular weight excluding hydrogens is 222 g/mol. The molecule has 1 fully saturated rings. The summed E-state index contributed by atoms with van der Waals surface area (Å²) in [6.07, 6.45) is 4.57. The van der Waals surface area contributed by atoms with Crippen molar-refractivity contribution in [2.24, 2.45) is 0 Å². The number of aryl methyl sites for hydroxylation is 1. The second-order valence-electron chi connectivity index (χ2n) is 4.02. The number of nitrogens with one attached hydrogen (secondary N) is 2. The van der Waals surface area contributed by atoms with Gasteiger partial charge in [0.05, 0.1) is 6.54 Å². The number of rotatable bonds is 4. The fourth-order valence-corrected chi connectivity index (χ4v) is 1.72. The normalized spacial score (nSPS) is 19.8. The summed E-state index contributed by atoms with van der Waals surface area (Å²) in [6.45, 7) is 1.04. The predicted octanol–water partition coefficient (Wildman–Crippen LogP) is -0.937. The lowest BCUT2D eigenvalue weighted by molar-refractivity contribution is -0.125. The number of carbonyl (C=O) groups is 2. The van der Waals surface area contributed by atoms with Gasteiger partial charge in [0.15, 0.2) is 0 Å². The van der Waals surface area contributed by atoms with E-state index in [4.69, 9.17) is 0 Å². The molecule has 7 heteroatoms. The van der Waals surface area contributed by atoms with E-state index in [-0.39, 0.29) is 17.9 Å². The molecule has 0 radical (unpaired) electrons. The maximum absolute atomic E-state index is 11.6. The second kappa shape index (κ2) is 5.42. The Morgan fingerprint density at radius 2 is 2.53 bits per heavy atom. The molecule has 2 heterocycles. The van der Waals surface area contributed by atoms with Crippen molar-refractivity contribution in [3.8, 4) is 0 Å². The molecule has 7 nitrogen and oxygen atoms in total. The average Bonchev–Trinajstić information content (AvgIpc) is 2.83. The quantitative estimate of drug-likeness (QED) is 0.707. The van der Waals surface area contributed by atoms with Gasteiger partial charge in [-0.05, 0) is 6.42 Å². The number of aromatic nitrogens is 3. The van der Waals surface area contributed by atoms with Gasteiger partial charge in [0.2, 0.25) is 11.8 Å². The van der Waals surface area contributed by atoms with Gasteiger partial charge in [-0.25, -0.2) is 4.98 Å². The van der Waals surface area contributed by atoms with E-state index in [1.165, 1.54) is 6.33 Å². The molecule has 1 atom stereocenters. The van der Waals surface area contributed by atoms with Crippen molar-refractivity contribution in [1.29, 1.82) is 0 Å². The summed E-state index contributed by atoms with van der Waals surface area (Å²) in [5.74, 6) is 0.0276. The van der Waals surface area contributed by atoms with E-state index in [9.17, 15) is 9.59 Å².